The van der Waals surface area contributed by atoms with Gasteiger partial charge in [0.15, 0.2) is 0 Å². The third-order valence-electron chi connectivity index (χ3n) is 4.59. The van der Waals surface area contributed by atoms with Crippen LogP contribution in [0.1, 0.15) is 30.4 Å². The van der Waals surface area contributed by atoms with Crippen molar-refractivity contribution in [2.75, 3.05) is 0 Å². The molecule has 138 valence electrons. The van der Waals surface area contributed by atoms with E-state index >= 15 is 0 Å². The van der Waals surface area contributed by atoms with E-state index in [0.29, 0.717) is 13.0 Å². The van der Waals surface area contributed by atoms with Crippen molar-refractivity contribution in [2.24, 2.45) is 0 Å². The van der Waals surface area contributed by atoms with Crippen LogP contribution < -0.4 is 5.32 Å². The number of amides is 1. The summed E-state index contributed by atoms with van der Waals surface area (Å²) in [5.74, 6) is -0.153. The van der Waals surface area contributed by atoms with Gasteiger partial charge in [0.2, 0.25) is 5.91 Å². The summed E-state index contributed by atoms with van der Waals surface area (Å²) in [6.45, 7) is 0.522. The molecule has 0 aliphatic heterocycles. The van der Waals surface area contributed by atoms with Gasteiger partial charge in [-0.3, -0.25) is 4.79 Å². The van der Waals surface area contributed by atoms with Crippen LogP contribution in [0.15, 0.2) is 78.9 Å². The minimum absolute atomic E-state index is 0.0529. The highest BCUT2D eigenvalue weighted by atomic mass is 19.1. The lowest BCUT2D eigenvalue weighted by Crippen LogP contribution is -2.22. The average molecular weight is 361 g/mol. The van der Waals surface area contributed by atoms with Crippen LogP contribution in [0.25, 0.3) is 11.1 Å². The summed E-state index contributed by atoms with van der Waals surface area (Å²) in [4.78, 5) is 12.2. The van der Waals surface area contributed by atoms with Crippen molar-refractivity contribution in [3.05, 3.63) is 95.8 Å². The minimum atomic E-state index is -0.206. The first-order valence-corrected chi connectivity index (χ1v) is 9.37. The van der Waals surface area contributed by atoms with Gasteiger partial charge in [-0.05, 0) is 53.6 Å². The number of hydrogen-bond acceptors (Lipinski definition) is 1. The Morgan fingerprint density at radius 2 is 1.63 bits per heavy atom. The van der Waals surface area contributed by atoms with E-state index in [1.165, 1.54) is 6.07 Å². The number of unbranched alkanes of at least 4 members (excludes halogenated alkanes) is 1. The summed E-state index contributed by atoms with van der Waals surface area (Å²) in [7, 11) is 0. The van der Waals surface area contributed by atoms with Gasteiger partial charge in [0.1, 0.15) is 5.82 Å². The summed E-state index contributed by atoms with van der Waals surface area (Å²) in [6.07, 6.45) is 2.95. The maximum absolute atomic E-state index is 13.2. The highest BCUT2D eigenvalue weighted by Crippen LogP contribution is 2.23. The van der Waals surface area contributed by atoms with Gasteiger partial charge in [-0.15, -0.1) is 0 Å². The molecule has 0 aliphatic rings. The third kappa shape index (κ3) is 5.78. The molecule has 3 aromatic carbocycles. The van der Waals surface area contributed by atoms with Gasteiger partial charge >= 0.3 is 0 Å². The monoisotopic (exact) mass is 361 g/mol. The SMILES string of the molecule is O=C(CCCCc1cccc(F)c1)NCc1ccccc1-c1ccccc1. The Morgan fingerprint density at radius 1 is 0.852 bits per heavy atom. The summed E-state index contributed by atoms with van der Waals surface area (Å²) in [6, 6.07) is 25.0. The lowest BCUT2D eigenvalue weighted by Gasteiger charge is -2.11. The molecule has 0 atom stereocenters. The zero-order valence-corrected chi connectivity index (χ0v) is 15.3. The number of hydrogen-bond donors (Lipinski definition) is 1. The number of carbonyl (C=O) groups is 1. The maximum Gasteiger partial charge on any atom is 0.220 e. The van der Waals surface area contributed by atoms with Crippen LogP contribution in [0.4, 0.5) is 4.39 Å². The molecule has 2 nitrogen and oxygen atoms in total. The maximum atomic E-state index is 13.2. The number of nitrogens with one attached hydrogen (secondary N) is 1. The first kappa shape index (κ1) is 18.8. The highest BCUT2D eigenvalue weighted by Gasteiger charge is 2.06. The van der Waals surface area contributed by atoms with Crippen LogP contribution in [0.3, 0.4) is 0 Å². The number of halogens is 1. The smallest absolute Gasteiger partial charge is 0.220 e. The molecule has 0 fully saturated rings. The normalized spacial score (nSPS) is 10.6. The summed E-state index contributed by atoms with van der Waals surface area (Å²) in [5, 5.41) is 3.02. The van der Waals surface area contributed by atoms with E-state index in [1.807, 2.05) is 42.5 Å². The van der Waals surface area contributed by atoms with E-state index in [9.17, 15) is 9.18 Å². The summed E-state index contributed by atoms with van der Waals surface area (Å²) < 4.78 is 13.2. The Labute approximate surface area is 160 Å². The molecular weight excluding hydrogens is 337 g/mol. The second-order valence-corrected chi connectivity index (χ2v) is 6.64. The van der Waals surface area contributed by atoms with Crippen molar-refractivity contribution in [3.63, 3.8) is 0 Å². The number of benzene rings is 3. The largest absolute Gasteiger partial charge is 0.352 e. The van der Waals surface area contributed by atoms with Crippen molar-refractivity contribution in [1.29, 1.82) is 0 Å². The highest BCUT2D eigenvalue weighted by molar-refractivity contribution is 5.76. The Hall–Kier alpha value is -2.94. The molecule has 27 heavy (non-hydrogen) atoms. The molecule has 3 aromatic rings. The summed E-state index contributed by atoms with van der Waals surface area (Å²) >= 11 is 0. The van der Waals surface area contributed by atoms with E-state index in [1.54, 1.807) is 12.1 Å². The third-order valence-corrected chi connectivity index (χ3v) is 4.59. The van der Waals surface area contributed by atoms with Gasteiger partial charge in [0, 0.05) is 13.0 Å². The lowest BCUT2D eigenvalue weighted by molar-refractivity contribution is -0.121. The standard InChI is InChI=1S/C24H24FNO/c25-22-14-8-10-19(17-22)9-4-7-16-24(27)26-18-21-13-5-6-15-23(21)20-11-2-1-3-12-20/h1-3,5-6,8,10-15,17H,4,7,9,16,18H2,(H,26,27). The Bertz CT molecular complexity index is 876. The van der Waals surface area contributed by atoms with E-state index in [2.05, 4.69) is 23.5 Å². The van der Waals surface area contributed by atoms with Crippen LogP contribution >= 0.6 is 0 Å². The van der Waals surface area contributed by atoms with Crippen molar-refractivity contribution >= 4 is 5.91 Å². The fourth-order valence-electron chi connectivity index (χ4n) is 3.16. The zero-order valence-electron chi connectivity index (χ0n) is 15.3. The van der Waals surface area contributed by atoms with Crippen LogP contribution in [-0.4, -0.2) is 5.91 Å². The number of aryl methyl sites for hydroxylation is 1. The van der Waals surface area contributed by atoms with Gasteiger partial charge in [-0.2, -0.15) is 0 Å². The van der Waals surface area contributed by atoms with E-state index in [0.717, 1.165) is 41.5 Å². The van der Waals surface area contributed by atoms with Gasteiger partial charge in [0.25, 0.3) is 0 Å². The van der Waals surface area contributed by atoms with E-state index in [4.69, 9.17) is 0 Å². The Morgan fingerprint density at radius 3 is 2.44 bits per heavy atom. The molecule has 3 heteroatoms. The van der Waals surface area contributed by atoms with Gasteiger partial charge in [-0.25, -0.2) is 4.39 Å². The van der Waals surface area contributed by atoms with Crippen LogP contribution in [0.5, 0.6) is 0 Å². The molecule has 1 amide bonds. The predicted molar refractivity (Wildman–Crippen MR) is 108 cm³/mol. The van der Waals surface area contributed by atoms with E-state index < -0.39 is 0 Å². The quantitative estimate of drug-likeness (QED) is 0.526. The van der Waals surface area contributed by atoms with Gasteiger partial charge < -0.3 is 5.32 Å². The summed E-state index contributed by atoms with van der Waals surface area (Å²) in [5.41, 5.74) is 4.38. The molecule has 0 saturated heterocycles. The molecule has 3 rings (SSSR count). The second-order valence-electron chi connectivity index (χ2n) is 6.64. The zero-order chi connectivity index (χ0) is 18.9. The molecular formula is C24H24FNO. The molecule has 0 radical (unpaired) electrons. The van der Waals surface area contributed by atoms with Crippen molar-refractivity contribution in [1.82, 2.24) is 5.32 Å². The van der Waals surface area contributed by atoms with Crippen LogP contribution in [0.2, 0.25) is 0 Å². The topological polar surface area (TPSA) is 29.1 Å². The Kier molecular flexibility index (Phi) is 6.75. The van der Waals surface area contributed by atoms with Crippen molar-refractivity contribution in [3.8, 4) is 11.1 Å². The first-order chi connectivity index (χ1) is 13.2. The molecule has 1 N–H and O–H groups in total. The molecule has 0 aromatic heterocycles. The fraction of sp³-hybridized carbons (Fsp3) is 0.208. The van der Waals surface area contributed by atoms with Crippen LogP contribution in [-0.2, 0) is 17.8 Å². The van der Waals surface area contributed by atoms with Crippen molar-refractivity contribution in [2.45, 2.75) is 32.2 Å². The minimum Gasteiger partial charge on any atom is -0.352 e. The number of rotatable bonds is 8. The molecule has 0 aliphatic carbocycles. The number of carbonyl (C=O) groups excluding carboxylic acids is 1. The average Bonchev–Trinajstić information content (AvgIpc) is 2.71. The lowest BCUT2D eigenvalue weighted by atomic mass is 10.00. The first-order valence-electron chi connectivity index (χ1n) is 9.37. The Balaban J connectivity index is 1.46. The van der Waals surface area contributed by atoms with Gasteiger partial charge in [0.05, 0.1) is 0 Å². The molecule has 0 spiro atoms. The molecule has 0 saturated carbocycles. The molecule has 0 unspecified atom stereocenters. The fourth-order valence-corrected chi connectivity index (χ4v) is 3.16. The molecule has 0 bridgehead atoms. The van der Waals surface area contributed by atoms with Crippen molar-refractivity contribution < 1.29 is 9.18 Å². The van der Waals surface area contributed by atoms with E-state index in [-0.39, 0.29) is 11.7 Å². The second kappa shape index (κ2) is 9.67. The predicted octanol–water partition coefficient (Wildman–Crippen LogP) is 5.52. The van der Waals surface area contributed by atoms with Gasteiger partial charge in [-0.1, -0.05) is 66.7 Å². The van der Waals surface area contributed by atoms with Crippen LogP contribution in [0, 0.1) is 5.82 Å². The molecule has 0 heterocycles.